The highest BCUT2D eigenvalue weighted by molar-refractivity contribution is 7.98. The molecule has 3 heteroatoms. The van der Waals surface area contributed by atoms with Crippen LogP contribution >= 0.6 is 11.8 Å². The van der Waals surface area contributed by atoms with Crippen molar-refractivity contribution in [1.29, 1.82) is 0 Å². The molecular weight excluding hydrogens is 257 g/mol. The van der Waals surface area contributed by atoms with Gasteiger partial charge in [0.25, 0.3) is 0 Å². The highest BCUT2D eigenvalue weighted by Gasteiger charge is 2.15. The highest BCUT2D eigenvalue weighted by Crippen LogP contribution is 2.21. The van der Waals surface area contributed by atoms with Crippen LogP contribution in [0.15, 0.2) is 24.3 Å². The molecule has 0 amide bonds. The molecule has 0 spiro atoms. The molecule has 0 aliphatic heterocycles. The Kier molecular flexibility index (Phi) is 8.15. The SMILES string of the molecule is CCCCC(NC(CC)CSC)c1ccc(F)cc1. The number of nitrogens with one attached hydrogen (secondary N) is 1. The normalized spacial score (nSPS) is 14.3. The summed E-state index contributed by atoms with van der Waals surface area (Å²) < 4.78 is 13.0. The summed E-state index contributed by atoms with van der Waals surface area (Å²) in [7, 11) is 0. The summed E-state index contributed by atoms with van der Waals surface area (Å²) in [6, 6.07) is 7.82. The first-order chi connectivity index (χ1) is 9.21. The van der Waals surface area contributed by atoms with Gasteiger partial charge in [0.15, 0.2) is 0 Å². The molecule has 0 saturated heterocycles. The first kappa shape index (κ1) is 16.5. The maximum Gasteiger partial charge on any atom is 0.123 e. The van der Waals surface area contributed by atoms with Gasteiger partial charge in [0.05, 0.1) is 0 Å². The van der Waals surface area contributed by atoms with Crippen molar-refractivity contribution in [3.8, 4) is 0 Å². The molecule has 0 aromatic heterocycles. The molecular formula is C16H26FNS. The second-order valence-electron chi connectivity index (χ2n) is 4.97. The number of benzene rings is 1. The smallest absolute Gasteiger partial charge is 0.123 e. The zero-order valence-corrected chi connectivity index (χ0v) is 13.1. The molecule has 2 atom stereocenters. The Morgan fingerprint density at radius 2 is 1.89 bits per heavy atom. The summed E-state index contributed by atoms with van der Waals surface area (Å²) in [6.07, 6.45) is 6.78. The van der Waals surface area contributed by atoms with E-state index >= 15 is 0 Å². The number of halogens is 1. The molecule has 0 fully saturated rings. The van der Waals surface area contributed by atoms with Gasteiger partial charge in [-0.05, 0) is 36.8 Å². The molecule has 1 rings (SSSR count). The Bertz CT molecular complexity index is 339. The average molecular weight is 283 g/mol. The first-order valence-corrected chi connectivity index (χ1v) is 8.61. The molecule has 2 unspecified atom stereocenters. The first-order valence-electron chi connectivity index (χ1n) is 7.21. The lowest BCUT2D eigenvalue weighted by Crippen LogP contribution is -2.34. The Labute approximate surface area is 121 Å². The summed E-state index contributed by atoms with van der Waals surface area (Å²) >= 11 is 1.88. The number of unbranched alkanes of at least 4 members (excludes halogenated alkanes) is 1. The maximum absolute atomic E-state index is 13.0. The topological polar surface area (TPSA) is 12.0 Å². The van der Waals surface area contributed by atoms with Crippen molar-refractivity contribution in [1.82, 2.24) is 5.32 Å². The summed E-state index contributed by atoms with van der Waals surface area (Å²) in [6.45, 7) is 4.43. The summed E-state index contributed by atoms with van der Waals surface area (Å²) in [5, 5.41) is 3.73. The number of thioether (sulfide) groups is 1. The molecule has 0 saturated carbocycles. The number of hydrogen-bond donors (Lipinski definition) is 1. The molecule has 19 heavy (non-hydrogen) atoms. The van der Waals surface area contributed by atoms with E-state index in [0.29, 0.717) is 12.1 Å². The van der Waals surface area contributed by atoms with Gasteiger partial charge >= 0.3 is 0 Å². The fourth-order valence-electron chi connectivity index (χ4n) is 2.22. The Hall–Kier alpha value is -0.540. The summed E-state index contributed by atoms with van der Waals surface area (Å²) in [5.41, 5.74) is 1.20. The third kappa shape index (κ3) is 5.96. The maximum atomic E-state index is 13.0. The molecule has 1 aromatic rings. The van der Waals surface area contributed by atoms with E-state index in [1.165, 1.54) is 18.4 Å². The van der Waals surface area contributed by atoms with E-state index in [9.17, 15) is 4.39 Å². The zero-order valence-electron chi connectivity index (χ0n) is 12.3. The minimum atomic E-state index is -0.158. The number of hydrogen-bond acceptors (Lipinski definition) is 2. The quantitative estimate of drug-likeness (QED) is 0.699. The minimum absolute atomic E-state index is 0.158. The van der Waals surface area contributed by atoms with E-state index in [0.717, 1.165) is 18.6 Å². The van der Waals surface area contributed by atoms with Crippen molar-refractivity contribution >= 4 is 11.8 Å². The molecule has 0 bridgehead atoms. The second-order valence-corrected chi connectivity index (χ2v) is 5.88. The molecule has 0 aliphatic rings. The van der Waals surface area contributed by atoms with E-state index < -0.39 is 0 Å². The molecule has 1 nitrogen and oxygen atoms in total. The van der Waals surface area contributed by atoms with Gasteiger partial charge in [0.2, 0.25) is 0 Å². The van der Waals surface area contributed by atoms with Gasteiger partial charge in [-0.1, -0.05) is 38.8 Å². The van der Waals surface area contributed by atoms with Crippen LogP contribution in [0.25, 0.3) is 0 Å². The fourth-order valence-corrected chi connectivity index (χ4v) is 2.95. The van der Waals surface area contributed by atoms with Crippen molar-refractivity contribution in [3.63, 3.8) is 0 Å². The average Bonchev–Trinajstić information content (AvgIpc) is 2.43. The zero-order chi connectivity index (χ0) is 14.1. The summed E-state index contributed by atoms with van der Waals surface area (Å²) in [4.78, 5) is 0. The van der Waals surface area contributed by atoms with E-state index in [1.54, 1.807) is 12.1 Å². The van der Waals surface area contributed by atoms with Crippen molar-refractivity contribution in [3.05, 3.63) is 35.6 Å². The Morgan fingerprint density at radius 1 is 1.21 bits per heavy atom. The predicted octanol–water partition coefficient (Wildman–Crippen LogP) is 4.79. The van der Waals surface area contributed by atoms with E-state index in [4.69, 9.17) is 0 Å². The third-order valence-corrected chi connectivity index (χ3v) is 4.15. The third-order valence-electron chi connectivity index (χ3n) is 3.42. The highest BCUT2D eigenvalue weighted by atomic mass is 32.2. The van der Waals surface area contributed by atoms with Crippen molar-refractivity contribution < 1.29 is 4.39 Å². The van der Waals surface area contributed by atoms with Crippen LogP contribution in [0.5, 0.6) is 0 Å². The van der Waals surface area contributed by atoms with Crippen LogP contribution in [0, 0.1) is 5.82 Å². The molecule has 108 valence electrons. The van der Waals surface area contributed by atoms with Crippen LogP contribution in [0.3, 0.4) is 0 Å². The van der Waals surface area contributed by atoms with Crippen LogP contribution in [0.4, 0.5) is 4.39 Å². The minimum Gasteiger partial charge on any atom is -0.306 e. The van der Waals surface area contributed by atoms with Crippen molar-refractivity contribution in [2.45, 2.75) is 51.6 Å². The largest absolute Gasteiger partial charge is 0.306 e. The van der Waals surface area contributed by atoms with E-state index in [-0.39, 0.29) is 5.82 Å². The van der Waals surface area contributed by atoms with Gasteiger partial charge in [-0.25, -0.2) is 4.39 Å². The molecule has 1 N–H and O–H groups in total. The fraction of sp³-hybridized carbons (Fsp3) is 0.625. The lowest BCUT2D eigenvalue weighted by Gasteiger charge is -2.25. The van der Waals surface area contributed by atoms with Crippen molar-refractivity contribution in [2.24, 2.45) is 0 Å². The van der Waals surface area contributed by atoms with Gasteiger partial charge in [-0.15, -0.1) is 0 Å². The standard InChI is InChI=1S/C16H26FNS/c1-4-6-7-16(18-15(5-2)12-19-3)13-8-10-14(17)11-9-13/h8-11,15-16,18H,4-7,12H2,1-3H3. The lowest BCUT2D eigenvalue weighted by atomic mass is 10.00. The summed E-state index contributed by atoms with van der Waals surface area (Å²) in [5.74, 6) is 0.967. The molecule has 0 heterocycles. The molecule has 0 radical (unpaired) electrons. The van der Waals surface area contributed by atoms with Crippen molar-refractivity contribution in [2.75, 3.05) is 12.0 Å². The number of rotatable bonds is 9. The van der Waals surface area contributed by atoms with Gasteiger partial charge in [0, 0.05) is 17.8 Å². The van der Waals surface area contributed by atoms with Crippen LogP contribution in [-0.2, 0) is 0 Å². The Morgan fingerprint density at radius 3 is 2.42 bits per heavy atom. The predicted molar refractivity (Wildman–Crippen MR) is 84.3 cm³/mol. The van der Waals surface area contributed by atoms with Gasteiger partial charge in [0.1, 0.15) is 5.82 Å². The monoisotopic (exact) mass is 283 g/mol. The van der Waals surface area contributed by atoms with Crippen LogP contribution < -0.4 is 5.32 Å². The van der Waals surface area contributed by atoms with Crippen LogP contribution in [0.1, 0.15) is 51.1 Å². The van der Waals surface area contributed by atoms with Gasteiger partial charge in [-0.3, -0.25) is 0 Å². The molecule has 1 aromatic carbocycles. The second kappa shape index (κ2) is 9.38. The van der Waals surface area contributed by atoms with Crippen LogP contribution in [-0.4, -0.2) is 18.1 Å². The van der Waals surface area contributed by atoms with Gasteiger partial charge in [-0.2, -0.15) is 11.8 Å². The Balaban J connectivity index is 2.72. The van der Waals surface area contributed by atoms with E-state index in [2.05, 4.69) is 25.4 Å². The van der Waals surface area contributed by atoms with Gasteiger partial charge < -0.3 is 5.32 Å². The van der Waals surface area contributed by atoms with E-state index in [1.807, 2.05) is 23.9 Å². The lowest BCUT2D eigenvalue weighted by molar-refractivity contribution is 0.420. The van der Waals surface area contributed by atoms with Crippen LogP contribution in [0.2, 0.25) is 0 Å². The molecule has 0 aliphatic carbocycles.